The third kappa shape index (κ3) is 10.7. The minimum atomic E-state index is -0.300. The summed E-state index contributed by atoms with van der Waals surface area (Å²) in [5.74, 6) is 1.39. The number of rotatable bonds is 16. The van der Waals surface area contributed by atoms with Gasteiger partial charge in [0.2, 0.25) is 0 Å². The van der Waals surface area contributed by atoms with Gasteiger partial charge in [-0.3, -0.25) is 4.79 Å². The Bertz CT molecular complexity index is 1320. The van der Waals surface area contributed by atoms with Crippen molar-refractivity contribution in [3.63, 3.8) is 0 Å². The molecule has 4 rings (SSSR count). The lowest BCUT2D eigenvalue weighted by Crippen LogP contribution is -2.06. The van der Waals surface area contributed by atoms with Crippen LogP contribution in [0.4, 0.5) is 0 Å². The lowest BCUT2D eigenvalue weighted by molar-refractivity contribution is -0.143. The molecule has 0 radical (unpaired) electrons. The van der Waals surface area contributed by atoms with Crippen LogP contribution in [-0.4, -0.2) is 25.2 Å². The molecule has 0 bridgehead atoms. The fraction of sp³-hybridized carbons (Fsp3) is 0.436. The first-order valence-corrected chi connectivity index (χ1v) is 16.5. The third-order valence-electron chi connectivity index (χ3n) is 8.39. The molecule has 1 fully saturated rings. The number of esters is 2. The summed E-state index contributed by atoms with van der Waals surface area (Å²) in [6.45, 7) is 4.95. The highest BCUT2D eigenvalue weighted by atomic mass is 16.5. The molecule has 1 aliphatic carbocycles. The topological polar surface area (TPSA) is 61.8 Å². The summed E-state index contributed by atoms with van der Waals surface area (Å²) in [6.07, 6.45) is 15.0. The Balaban J connectivity index is 1.40. The summed E-state index contributed by atoms with van der Waals surface area (Å²) in [4.78, 5) is 23.9. The highest BCUT2D eigenvalue weighted by Gasteiger charge is 2.15. The summed E-state index contributed by atoms with van der Waals surface area (Å²) >= 11 is 0. The van der Waals surface area contributed by atoms with E-state index in [0.717, 1.165) is 42.6 Å². The highest BCUT2D eigenvalue weighted by molar-refractivity contribution is 5.89. The predicted octanol–water partition coefficient (Wildman–Crippen LogP) is 9.49. The molecule has 3 aromatic rings. The predicted molar refractivity (Wildman–Crippen MR) is 177 cm³/mol. The zero-order valence-corrected chi connectivity index (χ0v) is 26.5. The number of carbonyl (C=O) groups excluding carboxylic acids is 2. The van der Waals surface area contributed by atoms with E-state index in [9.17, 15) is 9.59 Å². The molecule has 0 aliphatic heterocycles. The maximum Gasteiger partial charge on any atom is 0.338 e. The van der Waals surface area contributed by atoms with Gasteiger partial charge in [0.1, 0.15) is 12.4 Å². The van der Waals surface area contributed by atoms with Crippen LogP contribution in [0.2, 0.25) is 0 Å². The van der Waals surface area contributed by atoms with Crippen LogP contribution in [0.5, 0.6) is 5.75 Å². The molecule has 0 spiro atoms. The minimum absolute atomic E-state index is 0.135. The molecule has 1 atom stereocenters. The van der Waals surface area contributed by atoms with Crippen molar-refractivity contribution in [2.45, 2.75) is 90.6 Å². The second-order valence-corrected chi connectivity index (χ2v) is 11.7. The fourth-order valence-corrected chi connectivity index (χ4v) is 5.94. The second-order valence-electron chi connectivity index (χ2n) is 11.7. The van der Waals surface area contributed by atoms with Crippen molar-refractivity contribution < 1.29 is 23.8 Å². The minimum Gasteiger partial charge on any atom is -0.488 e. The Morgan fingerprint density at radius 2 is 1.52 bits per heavy atom. The first-order chi connectivity index (χ1) is 21.6. The Kier molecular flexibility index (Phi) is 13.6. The van der Waals surface area contributed by atoms with Gasteiger partial charge in [-0.1, -0.05) is 92.4 Å². The molecule has 1 unspecified atom stereocenters. The summed E-state index contributed by atoms with van der Waals surface area (Å²) in [5.41, 5.74) is 5.39. The van der Waals surface area contributed by atoms with Gasteiger partial charge in [-0.25, -0.2) is 4.79 Å². The fourth-order valence-electron chi connectivity index (χ4n) is 5.94. The Hall–Kier alpha value is -3.86. The van der Waals surface area contributed by atoms with E-state index in [0.29, 0.717) is 37.7 Å². The number of unbranched alkanes of at least 4 members (excludes halogenated alkanes) is 1. The van der Waals surface area contributed by atoms with Crippen molar-refractivity contribution in [1.29, 1.82) is 0 Å². The van der Waals surface area contributed by atoms with Gasteiger partial charge in [0.05, 0.1) is 18.8 Å². The van der Waals surface area contributed by atoms with Crippen molar-refractivity contribution in [3.8, 4) is 5.75 Å². The van der Waals surface area contributed by atoms with Gasteiger partial charge < -0.3 is 14.2 Å². The van der Waals surface area contributed by atoms with Gasteiger partial charge in [-0.15, -0.1) is 0 Å². The molecule has 0 amide bonds. The number of carbonyl (C=O) groups is 2. The lowest BCUT2D eigenvalue weighted by atomic mass is 9.84. The summed E-state index contributed by atoms with van der Waals surface area (Å²) in [6, 6.07) is 24.8. The average Bonchev–Trinajstić information content (AvgIpc) is 3.06. The highest BCUT2D eigenvalue weighted by Crippen LogP contribution is 2.33. The van der Waals surface area contributed by atoms with Crippen molar-refractivity contribution in [2.24, 2.45) is 5.92 Å². The summed E-state index contributed by atoms with van der Waals surface area (Å²) in [5, 5.41) is 0. The quantitative estimate of drug-likeness (QED) is 0.122. The van der Waals surface area contributed by atoms with Crippen molar-refractivity contribution in [2.75, 3.05) is 13.2 Å². The zero-order chi connectivity index (χ0) is 31.0. The van der Waals surface area contributed by atoms with Crippen LogP contribution in [0.15, 0.2) is 78.9 Å². The van der Waals surface area contributed by atoms with Gasteiger partial charge in [0.25, 0.3) is 0 Å². The molecule has 44 heavy (non-hydrogen) atoms. The number of allylic oxidation sites excluding steroid dienone is 1. The average molecular weight is 597 g/mol. The van der Waals surface area contributed by atoms with Crippen LogP contribution in [0, 0.1) is 5.92 Å². The van der Waals surface area contributed by atoms with Gasteiger partial charge in [0.15, 0.2) is 0 Å². The van der Waals surface area contributed by atoms with E-state index in [1.54, 1.807) is 0 Å². The molecule has 234 valence electrons. The van der Waals surface area contributed by atoms with Gasteiger partial charge in [-0.2, -0.15) is 0 Å². The molecule has 0 heterocycles. The van der Waals surface area contributed by atoms with Crippen molar-refractivity contribution in [3.05, 3.63) is 107 Å². The van der Waals surface area contributed by atoms with E-state index in [1.807, 2.05) is 56.3 Å². The summed E-state index contributed by atoms with van der Waals surface area (Å²) < 4.78 is 16.5. The van der Waals surface area contributed by atoms with Crippen LogP contribution in [0.3, 0.4) is 0 Å². The lowest BCUT2D eigenvalue weighted by Gasteiger charge is -2.22. The second kappa shape index (κ2) is 18.1. The third-order valence-corrected chi connectivity index (χ3v) is 8.39. The monoisotopic (exact) mass is 596 g/mol. The van der Waals surface area contributed by atoms with E-state index in [4.69, 9.17) is 14.2 Å². The Morgan fingerprint density at radius 1 is 0.818 bits per heavy atom. The van der Waals surface area contributed by atoms with E-state index >= 15 is 0 Å². The van der Waals surface area contributed by atoms with Crippen molar-refractivity contribution >= 4 is 18.0 Å². The maximum absolute atomic E-state index is 12.1. The van der Waals surface area contributed by atoms with Crippen LogP contribution in [-0.2, 0) is 27.3 Å². The molecule has 0 N–H and O–H groups in total. The molecule has 5 heteroatoms. The van der Waals surface area contributed by atoms with Crippen LogP contribution < -0.4 is 4.74 Å². The van der Waals surface area contributed by atoms with Crippen molar-refractivity contribution in [1.82, 2.24) is 0 Å². The summed E-state index contributed by atoms with van der Waals surface area (Å²) in [7, 11) is 0. The van der Waals surface area contributed by atoms with Crippen LogP contribution in [0.25, 0.3) is 6.08 Å². The van der Waals surface area contributed by atoms with Crippen LogP contribution >= 0.6 is 0 Å². The first kappa shape index (κ1) is 33.0. The van der Waals surface area contributed by atoms with Gasteiger partial charge in [0, 0.05) is 12.0 Å². The molecule has 5 nitrogen and oxygen atoms in total. The standard InChI is InChI=1S/C39H48O5/c1-3-42-38(40)17-11-8-12-30(28-31-19-26-36(27-20-31)39(41)43-4-2)18-25-35-15-9-10-16-37(35)44-29-32-21-23-34(24-22-32)33-13-6-5-7-14-33/h9-10,15-16,18-27,30,33H,3-8,11-14,17,28-29H2,1-2H3. The number of benzene rings is 3. The number of ether oxygens (including phenoxy) is 3. The molecule has 0 aromatic heterocycles. The number of hydrogen-bond acceptors (Lipinski definition) is 5. The number of para-hydroxylation sites is 1. The number of hydrogen-bond donors (Lipinski definition) is 0. The Labute approximate surface area is 263 Å². The Morgan fingerprint density at radius 3 is 2.25 bits per heavy atom. The van der Waals surface area contributed by atoms with Gasteiger partial charge >= 0.3 is 11.9 Å². The molecular formula is C39H48O5. The van der Waals surface area contributed by atoms with E-state index in [-0.39, 0.29) is 17.9 Å². The van der Waals surface area contributed by atoms with Crippen LogP contribution in [0.1, 0.15) is 110 Å². The first-order valence-electron chi connectivity index (χ1n) is 16.5. The smallest absolute Gasteiger partial charge is 0.338 e. The normalized spacial score (nSPS) is 14.3. The molecule has 1 aliphatic rings. The van der Waals surface area contributed by atoms with Gasteiger partial charge in [-0.05, 0) is 92.7 Å². The maximum atomic E-state index is 12.1. The molecule has 0 saturated heterocycles. The largest absolute Gasteiger partial charge is 0.488 e. The van der Waals surface area contributed by atoms with E-state index in [1.165, 1.54) is 43.2 Å². The molecule has 3 aromatic carbocycles. The SMILES string of the molecule is CCOC(=O)CCCCC(C=Cc1ccccc1OCc1ccc(C2CCCCC2)cc1)Cc1ccc(C(=O)OCC)cc1. The molecular weight excluding hydrogens is 548 g/mol. The van der Waals surface area contributed by atoms with E-state index in [2.05, 4.69) is 42.5 Å². The zero-order valence-electron chi connectivity index (χ0n) is 26.5. The molecule has 1 saturated carbocycles. The van der Waals surface area contributed by atoms with E-state index < -0.39 is 0 Å².